The predicted octanol–water partition coefficient (Wildman–Crippen LogP) is 2.26. The van der Waals surface area contributed by atoms with Crippen molar-refractivity contribution in [3.05, 3.63) is 23.8 Å². The third-order valence-corrected chi connectivity index (χ3v) is 3.37. The Hall–Kier alpha value is -2.61. The fourth-order valence-corrected chi connectivity index (χ4v) is 2.09. The number of nitrogens with zero attached hydrogens (tertiary/aromatic N) is 1. The van der Waals surface area contributed by atoms with Crippen LogP contribution in [0, 0.1) is 0 Å². The van der Waals surface area contributed by atoms with Gasteiger partial charge in [-0.25, -0.2) is 5.43 Å². The molecule has 28 heavy (non-hydrogen) atoms. The summed E-state index contributed by atoms with van der Waals surface area (Å²) < 4.78 is 16.6. The van der Waals surface area contributed by atoms with Gasteiger partial charge in [-0.1, -0.05) is 6.92 Å². The highest BCUT2D eigenvalue weighted by Crippen LogP contribution is 2.28. The van der Waals surface area contributed by atoms with E-state index in [1.165, 1.54) is 6.21 Å². The van der Waals surface area contributed by atoms with Gasteiger partial charge in [-0.05, 0) is 57.4 Å². The summed E-state index contributed by atoms with van der Waals surface area (Å²) in [6.45, 7) is 9.78. The van der Waals surface area contributed by atoms with E-state index in [0.29, 0.717) is 49.8 Å². The highest BCUT2D eigenvalue weighted by Gasteiger charge is 2.11. The predicted molar refractivity (Wildman–Crippen MR) is 108 cm³/mol. The van der Waals surface area contributed by atoms with Crippen LogP contribution in [0.25, 0.3) is 0 Å². The maximum atomic E-state index is 11.7. The van der Waals surface area contributed by atoms with Crippen molar-refractivity contribution in [1.29, 1.82) is 0 Å². The molecule has 2 N–H and O–H groups in total. The molecule has 1 rings (SSSR count). The van der Waals surface area contributed by atoms with E-state index in [9.17, 15) is 9.59 Å². The van der Waals surface area contributed by atoms with Crippen molar-refractivity contribution < 1.29 is 23.8 Å². The molecule has 0 unspecified atom stereocenters. The van der Waals surface area contributed by atoms with E-state index in [0.717, 1.165) is 6.42 Å². The van der Waals surface area contributed by atoms with Gasteiger partial charge in [0, 0.05) is 13.2 Å². The summed E-state index contributed by atoms with van der Waals surface area (Å²) in [7, 11) is 0. The van der Waals surface area contributed by atoms with Gasteiger partial charge < -0.3 is 19.5 Å². The Morgan fingerprint density at radius 1 is 1.11 bits per heavy atom. The van der Waals surface area contributed by atoms with Crippen LogP contribution in [-0.4, -0.2) is 50.5 Å². The third-order valence-electron chi connectivity index (χ3n) is 3.37. The largest absolute Gasteiger partial charge is 0.490 e. The molecular formula is C20H31N3O5. The minimum Gasteiger partial charge on any atom is -0.490 e. The summed E-state index contributed by atoms with van der Waals surface area (Å²) in [4.78, 5) is 23.4. The van der Waals surface area contributed by atoms with Crippen LogP contribution in [0.15, 0.2) is 23.3 Å². The summed E-state index contributed by atoms with van der Waals surface area (Å²) in [5, 5.41) is 6.33. The summed E-state index contributed by atoms with van der Waals surface area (Å²) in [5.74, 6) is -0.299. The second kappa shape index (κ2) is 13.5. The molecule has 0 aliphatic heterocycles. The van der Waals surface area contributed by atoms with Crippen LogP contribution in [0.2, 0.25) is 0 Å². The lowest BCUT2D eigenvalue weighted by atomic mass is 10.2. The summed E-state index contributed by atoms with van der Waals surface area (Å²) >= 11 is 0. The van der Waals surface area contributed by atoms with Crippen molar-refractivity contribution in [3.8, 4) is 11.5 Å². The number of hydrogen-bond donors (Lipinski definition) is 2. The molecule has 0 saturated heterocycles. The molecule has 0 bridgehead atoms. The maximum absolute atomic E-state index is 11.7. The first-order valence-corrected chi connectivity index (χ1v) is 9.60. The molecule has 0 spiro atoms. The fraction of sp³-hybridized carbons (Fsp3) is 0.550. The van der Waals surface area contributed by atoms with Crippen LogP contribution >= 0.6 is 0 Å². The van der Waals surface area contributed by atoms with Crippen LogP contribution in [0.4, 0.5) is 0 Å². The van der Waals surface area contributed by atoms with E-state index < -0.39 is 11.8 Å². The molecule has 0 fully saturated rings. The number of benzene rings is 1. The van der Waals surface area contributed by atoms with Crippen LogP contribution < -0.4 is 20.2 Å². The highest BCUT2D eigenvalue weighted by atomic mass is 16.5. The summed E-state index contributed by atoms with van der Waals surface area (Å²) in [6.07, 6.45) is 3.11. The van der Waals surface area contributed by atoms with Gasteiger partial charge in [0.05, 0.1) is 25.5 Å². The topological polar surface area (TPSA) is 98.2 Å². The SMILES string of the molecule is CCCOc1ccc(/C=N\NC(=O)C(=O)NCCCOC(C)C)cc1OCC. The minimum atomic E-state index is -0.825. The zero-order valence-electron chi connectivity index (χ0n) is 17.1. The molecule has 0 aromatic heterocycles. The quantitative estimate of drug-likeness (QED) is 0.246. The molecule has 156 valence electrons. The minimum absolute atomic E-state index is 0.142. The highest BCUT2D eigenvalue weighted by molar-refractivity contribution is 6.35. The number of hydrazone groups is 1. The molecule has 1 aromatic rings. The first-order chi connectivity index (χ1) is 13.5. The molecule has 0 heterocycles. The van der Waals surface area contributed by atoms with E-state index in [2.05, 4.69) is 15.8 Å². The monoisotopic (exact) mass is 393 g/mol. The Bertz CT molecular complexity index is 647. The van der Waals surface area contributed by atoms with Crippen molar-refractivity contribution in [2.45, 2.75) is 46.6 Å². The van der Waals surface area contributed by atoms with Gasteiger partial charge in [0.2, 0.25) is 0 Å². The molecule has 0 saturated carbocycles. The Balaban J connectivity index is 2.49. The first kappa shape index (κ1) is 23.4. The smallest absolute Gasteiger partial charge is 0.329 e. The average molecular weight is 393 g/mol. The van der Waals surface area contributed by atoms with Crippen molar-refractivity contribution >= 4 is 18.0 Å². The van der Waals surface area contributed by atoms with Gasteiger partial charge in [-0.3, -0.25) is 9.59 Å². The average Bonchev–Trinajstić information content (AvgIpc) is 2.66. The normalized spacial score (nSPS) is 10.9. The van der Waals surface area contributed by atoms with Crippen LogP contribution in [-0.2, 0) is 14.3 Å². The number of hydrogen-bond acceptors (Lipinski definition) is 6. The van der Waals surface area contributed by atoms with E-state index >= 15 is 0 Å². The Kier molecular flexibility index (Phi) is 11.3. The number of ether oxygens (including phenoxy) is 3. The Morgan fingerprint density at radius 2 is 1.89 bits per heavy atom. The van der Waals surface area contributed by atoms with E-state index in [4.69, 9.17) is 14.2 Å². The maximum Gasteiger partial charge on any atom is 0.329 e. The number of carbonyl (C=O) groups is 2. The second-order valence-corrected chi connectivity index (χ2v) is 6.22. The second-order valence-electron chi connectivity index (χ2n) is 6.22. The molecule has 0 aliphatic carbocycles. The number of rotatable bonds is 12. The number of nitrogens with one attached hydrogen (secondary N) is 2. The first-order valence-electron chi connectivity index (χ1n) is 9.60. The van der Waals surface area contributed by atoms with Gasteiger partial charge in [0.15, 0.2) is 11.5 Å². The molecular weight excluding hydrogens is 362 g/mol. The molecule has 8 nitrogen and oxygen atoms in total. The molecule has 0 atom stereocenters. The van der Waals surface area contributed by atoms with Crippen LogP contribution in [0.5, 0.6) is 11.5 Å². The van der Waals surface area contributed by atoms with Crippen molar-refractivity contribution in [2.24, 2.45) is 5.10 Å². The van der Waals surface area contributed by atoms with Crippen LogP contribution in [0.1, 0.15) is 46.1 Å². The molecule has 2 amide bonds. The number of carbonyl (C=O) groups excluding carboxylic acids is 2. The van der Waals surface area contributed by atoms with E-state index in [1.54, 1.807) is 18.2 Å². The third kappa shape index (κ3) is 9.36. The van der Waals surface area contributed by atoms with Crippen molar-refractivity contribution in [3.63, 3.8) is 0 Å². The fourth-order valence-electron chi connectivity index (χ4n) is 2.09. The molecule has 8 heteroatoms. The van der Waals surface area contributed by atoms with Crippen LogP contribution in [0.3, 0.4) is 0 Å². The van der Waals surface area contributed by atoms with Crippen molar-refractivity contribution in [2.75, 3.05) is 26.4 Å². The Morgan fingerprint density at radius 3 is 2.57 bits per heavy atom. The van der Waals surface area contributed by atoms with Gasteiger partial charge in [0.25, 0.3) is 0 Å². The number of amides is 2. The zero-order valence-corrected chi connectivity index (χ0v) is 17.1. The summed E-state index contributed by atoms with van der Waals surface area (Å²) in [5.41, 5.74) is 2.91. The van der Waals surface area contributed by atoms with Gasteiger partial charge >= 0.3 is 11.8 Å². The lowest BCUT2D eigenvalue weighted by Crippen LogP contribution is -2.38. The van der Waals surface area contributed by atoms with E-state index in [-0.39, 0.29) is 6.10 Å². The lowest BCUT2D eigenvalue weighted by Gasteiger charge is -2.11. The van der Waals surface area contributed by atoms with Gasteiger partial charge in [-0.2, -0.15) is 5.10 Å². The molecule has 0 aliphatic rings. The van der Waals surface area contributed by atoms with Gasteiger partial charge in [-0.15, -0.1) is 0 Å². The molecule has 1 aromatic carbocycles. The lowest BCUT2D eigenvalue weighted by molar-refractivity contribution is -0.139. The van der Waals surface area contributed by atoms with E-state index in [1.807, 2.05) is 27.7 Å². The summed E-state index contributed by atoms with van der Waals surface area (Å²) in [6, 6.07) is 5.34. The zero-order chi connectivity index (χ0) is 20.8. The molecule has 0 radical (unpaired) electrons. The van der Waals surface area contributed by atoms with Crippen molar-refractivity contribution in [1.82, 2.24) is 10.7 Å². The Labute approximate surface area is 166 Å². The standard InChI is InChI=1S/C20H31N3O5/c1-5-11-28-17-9-8-16(13-18(17)26-6-2)14-22-23-20(25)19(24)21-10-7-12-27-15(3)4/h8-9,13-15H,5-7,10-12H2,1-4H3,(H,21,24)(H,23,25)/b22-14-. The van der Waals surface area contributed by atoms with Gasteiger partial charge in [0.1, 0.15) is 0 Å².